The maximum absolute atomic E-state index is 11.8. The second-order valence-corrected chi connectivity index (χ2v) is 3.31. The minimum Gasteiger partial charge on any atom is -0.311 e. The molecule has 1 nitrogen and oxygen atoms in total. The molecule has 0 radical (unpaired) electrons. The van der Waals surface area contributed by atoms with E-state index in [0.717, 1.165) is 25.8 Å². The van der Waals surface area contributed by atoms with Gasteiger partial charge in [0.15, 0.2) is 0 Å². The van der Waals surface area contributed by atoms with Crippen molar-refractivity contribution in [3.8, 4) is 0 Å². The molecule has 1 N–H and O–H groups in total. The van der Waals surface area contributed by atoms with Gasteiger partial charge >= 0.3 is 0 Å². The highest BCUT2D eigenvalue weighted by atomic mass is 19.1. The summed E-state index contributed by atoms with van der Waals surface area (Å²) in [6.45, 7) is 7.17. The number of halogens is 1. The van der Waals surface area contributed by atoms with Gasteiger partial charge in [-0.1, -0.05) is 20.8 Å². The Hall–Kier alpha value is -0.110. The van der Waals surface area contributed by atoms with Gasteiger partial charge in [-0.3, -0.25) is 4.39 Å². The number of hydrogen-bond acceptors (Lipinski definition) is 1. The second kappa shape index (κ2) is 6.41. The molecule has 0 amide bonds. The first kappa shape index (κ1) is 11.9. The van der Waals surface area contributed by atoms with Crippen LogP contribution in [0.15, 0.2) is 0 Å². The first-order chi connectivity index (χ1) is 5.74. The van der Waals surface area contributed by atoms with Gasteiger partial charge in [0, 0.05) is 5.54 Å². The summed E-state index contributed by atoms with van der Waals surface area (Å²) >= 11 is 0. The molecule has 0 saturated heterocycles. The van der Waals surface area contributed by atoms with E-state index in [1.165, 1.54) is 0 Å². The van der Waals surface area contributed by atoms with Gasteiger partial charge in [-0.2, -0.15) is 0 Å². The summed E-state index contributed by atoms with van der Waals surface area (Å²) in [6, 6.07) is 0. The third-order valence-corrected chi connectivity index (χ3v) is 2.84. The zero-order valence-electron chi connectivity index (χ0n) is 8.62. The molecule has 0 spiro atoms. The van der Waals surface area contributed by atoms with Crippen molar-refractivity contribution in [2.45, 2.75) is 52.0 Å². The fourth-order valence-corrected chi connectivity index (χ4v) is 1.55. The highest BCUT2D eigenvalue weighted by molar-refractivity contribution is 4.83. The molecule has 0 fully saturated rings. The van der Waals surface area contributed by atoms with E-state index in [-0.39, 0.29) is 12.2 Å². The first-order valence-electron chi connectivity index (χ1n) is 5.05. The number of rotatable bonds is 7. The lowest BCUT2D eigenvalue weighted by molar-refractivity contribution is 0.284. The predicted molar refractivity (Wildman–Crippen MR) is 52.2 cm³/mol. The van der Waals surface area contributed by atoms with Crippen LogP contribution < -0.4 is 5.32 Å². The Labute approximate surface area is 75.7 Å². The van der Waals surface area contributed by atoms with Gasteiger partial charge in [0.2, 0.25) is 0 Å². The van der Waals surface area contributed by atoms with E-state index in [0.29, 0.717) is 6.42 Å². The van der Waals surface area contributed by atoms with Crippen LogP contribution in [0.25, 0.3) is 0 Å². The Morgan fingerprint density at radius 2 is 1.58 bits per heavy atom. The molecule has 0 aromatic rings. The van der Waals surface area contributed by atoms with E-state index < -0.39 is 0 Å². The molecule has 0 aromatic carbocycles. The Kier molecular flexibility index (Phi) is 6.35. The van der Waals surface area contributed by atoms with Crippen LogP contribution in [0.2, 0.25) is 0 Å². The molecule has 0 aliphatic heterocycles. The smallest absolute Gasteiger partial charge is 0.0906 e. The Bertz CT molecular complexity index is 91.7. The predicted octanol–water partition coefficient (Wildman–Crippen LogP) is 2.90. The molecule has 2 heteroatoms. The topological polar surface area (TPSA) is 12.0 Å². The minimum absolute atomic E-state index is 0.208. The van der Waals surface area contributed by atoms with E-state index in [1.807, 2.05) is 0 Å². The van der Waals surface area contributed by atoms with Crippen LogP contribution in [0.4, 0.5) is 4.39 Å². The lowest BCUT2D eigenvalue weighted by Crippen LogP contribution is -2.44. The van der Waals surface area contributed by atoms with Crippen LogP contribution in [0.3, 0.4) is 0 Å². The Morgan fingerprint density at radius 3 is 1.92 bits per heavy atom. The summed E-state index contributed by atoms with van der Waals surface area (Å²) in [5.41, 5.74) is 0.259. The molecule has 0 aromatic heterocycles. The summed E-state index contributed by atoms with van der Waals surface area (Å²) in [4.78, 5) is 0. The molecule has 0 aliphatic rings. The fourth-order valence-electron chi connectivity index (χ4n) is 1.55. The standard InChI is InChI=1S/C10H22FN/c1-4-10(5-2,6-3)12-9-7-8-11/h12H,4-9H2,1-3H3. The van der Waals surface area contributed by atoms with E-state index in [1.54, 1.807) is 0 Å². The number of hydrogen-bond donors (Lipinski definition) is 1. The lowest BCUT2D eigenvalue weighted by atomic mass is 9.90. The molecular formula is C10H22FN. The van der Waals surface area contributed by atoms with Crippen molar-refractivity contribution in [2.75, 3.05) is 13.2 Å². The Morgan fingerprint density at radius 1 is 1.08 bits per heavy atom. The monoisotopic (exact) mass is 175 g/mol. The van der Waals surface area contributed by atoms with Crippen molar-refractivity contribution in [3.05, 3.63) is 0 Å². The van der Waals surface area contributed by atoms with Gasteiger partial charge in [-0.05, 0) is 32.2 Å². The van der Waals surface area contributed by atoms with Crippen molar-refractivity contribution in [1.29, 1.82) is 0 Å². The van der Waals surface area contributed by atoms with Crippen LogP contribution in [-0.2, 0) is 0 Å². The molecule has 0 rings (SSSR count). The first-order valence-corrected chi connectivity index (χ1v) is 5.05. The molecule has 0 heterocycles. The summed E-state index contributed by atoms with van der Waals surface area (Å²) in [7, 11) is 0. The van der Waals surface area contributed by atoms with E-state index >= 15 is 0 Å². The average Bonchev–Trinajstić information content (AvgIpc) is 2.14. The van der Waals surface area contributed by atoms with Crippen molar-refractivity contribution >= 4 is 0 Å². The molecule has 0 unspecified atom stereocenters. The molecule has 0 bridgehead atoms. The van der Waals surface area contributed by atoms with Crippen molar-refractivity contribution in [1.82, 2.24) is 5.32 Å². The normalized spacial score (nSPS) is 12.0. The molecule has 74 valence electrons. The van der Waals surface area contributed by atoms with Crippen molar-refractivity contribution in [2.24, 2.45) is 0 Å². The van der Waals surface area contributed by atoms with Crippen molar-refractivity contribution in [3.63, 3.8) is 0 Å². The highest BCUT2D eigenvalue weighted by Gasteiger charge is 2.21. The zero-order chi connectivity index (χ0) is 9.45. The third-order valence-electron chi connectivity index (χ3n) is 2.84. The molecule has 0 saturated carbocycles. The van der Waals surface area contributed by atoms with Gasteiger partial charge in [-0.15, -0.1) is 0 Å². The maximum Gasteiger partial charge on any atom is 0.0906 e. The summed E-state index contributed by atoms with van der Waals surface area (Å²) < 4.78 is 11.8. The summed E-state index contributed by atoms with van der Waals surface area (Å²) in [5.74, 6) is 0. The van der Waals surface area contributed by atoms with Crippen LogP contribution in [0, 0.1) is 0 Å². The van der Waals surface area contributed by atoms with Gasteiger partial charge in [0.25, 0.3) is 0 Å². The molecule has 0 atom stereocenters. The van der Waals surface area contributed by atoms with Crippen LogP contribution in [0.1, 0.15) is 46.5 Å². The summed E-state index contributed by atoms with van der Waals surface area (Å²) in [6.07, 6.45) is 4.03. The largest absolute Gasteiger partial charge is 0.311 e. The van der Waals surface area contributed by atoms with Gasteiger partial charge < -0.3 is 5.32 Å². The fraction of sp³-hybridized carbons (Fsp3) is 1.00. The minimum atomic E-state index is -0.208. The van der Waals surface area contributed by atoms with Crippen LogP contribution in [0.5, 0.6) is 0 Å². The molecule has 0 aliphatic carbocycles. The lowest BCUT2D eigenvalue weighted by Gasteiger charge is -2.31. The zero-order valence-corrected chi connectivity index (χ0v) is 8.62. The van der Waals surface area contributed by atoms with Crippen molar-refractivity contribution < 1.29 is 4.39 Å². The molecule has 12 heavy (non-hydrogen) atoms. The average molecular weight is 175 g/mol. The quantitative estimate of drug-likeness (QED) is 0.587. The van der Waals surface area contributed by atoms with Crippen LogP contribution in [-0.4, -0.2) is 18.8 Å². The maximum atomic E-state index is 11.8. The SMILES string of the molecule is CCC(CC)(CC)NCCCF. The molecular weight excluding hydrogens is 153 g/mol. The second-order valence-electron chi connectivity index (χ2n) is 3.31. The van der Waals surface area contributed by atoms with E-state index in [2.05, 4.69) is 26.1 Å². The van der Waals surface area contributed by atoms with E-state index in [4.69, 9.17) is 0 Å². The summed E-state index contributed by atoms with van der Waals surface area (Å²) in [5, 5.41) is 3.44. The number of nitrogens with one attached hydrogen (secondary N) is 1. The number of alkyl halides is 1. The van der Waals surface area contributed by atoms with E-state index in [9.17, 15) is 4.39 Å². The highest BCUT2D eigenvalue weighted by Crippen LogP contribution is 2.18. The van der Waals surface area contributed by atoms with Crippen LogP contribution >= 0.6 is 0 Å². The third kappa shape index (κ3) is 3.53. The van der Waals surface area contributed by atoms with Gasteiger partial charge in [0.1, 0.15) is 0 Å². The Balaban J connectivity index is 3.76. The van der Waals surface area contributed by atoms with Gasteiger partial charge in [0.05, 0.1) is 6.67 Å². The van der Waals surface area contributed by atoms with Gasteiger partial charge in [-0.25, -0.2) is 0 Å².